The molecule has 0 radical (unpaired) electrons. The molecule has 1 aromatic carbocycles. The predicted molar refractivity (Wildman–Crippen MR) is 98.9 cm³/mol. The monoisotopic (exact) mass is 298 g/mol. The molecule has 0 amide bonds. The fraction of sp³-hybridized carbons (Fsp3) is 0.636. The first-order valence-corrected chi connectivity index (χ1v) is 9.39. The van der Waals surface area contributed by atoms with E-state index in [2.05, 4.69) is 56.0 Å². The van der Waals surface area contributed by atoms with Gasteiger partial charge in [0.1, 0.15) is 0 Å². The first kappa shape index (κ1) is 18.8. The van der Waals surface area contributed by atoms with E-state index in [1.54, 1.807) is 0 Å². The van der Waals surface area contributed by atoms with Crippen molar-refractivity contribution in [2.24, 2.45) is 5.92 Å². The summed E-state index contributed by atoms with van der Waals surface area (Å²) in [7, 11) is 0. The van der Waals surface area contributed by atoms with Crippen LogP contribution in [0.25, 0.3) is 0 Å². The van der Waals surface area contributed by atoms with Gasteiger partial charge in [0.25, 0.3) is 0 Å². The first-order valence-electron chi connectivity index (χ1n) is 9.39. The zero-order valence-corrected chi connectivity index (χ0v) is 14.7. The average Bonchev–Trinajstić information content (AvgIpc) is 2.55. The van der Waals surface area contributed by atoms with Crippen LogP contribution in [0, 0.1) is 17.8 Å². The van der Waals surface area contributed by atoms with Gasteiger partial charge in [-0.25, -0.2) is 0 Å². The van der Waals surface area contributed by atoms with Gasteiger partial charge in [0.2, 0.25) is 0 Å². The summed E-state index contributed by atoms with van der Waals surface area (Å²) in [5.41, 5.74) is 1.43. The number of hydrogen-bond donors (Lipinski definition) is 0. The van der Waals surface area contributed by atoms with Crippen LogP contribution in [0.2, 0.25) is 0 Å². The van der Waals surface area contributed by atoms with E-state index in [1.165, 1.54) is 63.4 Å². The lowest BCUT2D eigenvalue weighted by atomic mass is 9.93. The van der Waals surface area contributed by atoms with Crippen LogP contribution in [-0.2, 0) is 6.42 Å². The van der Waals surface area contributed by atoms with Crippen molar-refractivity contribution in [2.75, 3.05) is 0 Å². The second kappa shape index (κ2) is 13.4. The van der Waals surface area contributed by atoms with Gasteiger partial charge < -0.3 is 0 Å². The summed E-state index contributed by atoms with van der Waals surface area (Å²) in [6, 6.07) is 10.9. The largest absolute Gasteiger partial charge is 0.103 e. The lowest BCUT2D eigenvalue weighted by molar-refractivity contribution is 0.526. The summed E-state index contributed by atoms with van der Waals surface area (Å²) < 4.78 is 0. The van der Waals surface area contributed by atoms with Crippen LogP contribution in [0.15, 0.2) is 30.3 Å². The van der Waals surface area contributed by atoms with Crippen molar-refractivity contribution in [3.05, 3.63) is 35.9 Å². The normalized spacial score (nSPS) is 11.7. The van der Waals surface area contributed by atoms with Crippen molar-refractivity contribution < 1.29 is 0 Å². The highest BCUT2D eigenvalue weighted by Crippen LogP contribution is 2.17. The minimum absolute atomic E-state index is 0.547. The Hall–Kier alpha value is -1.22. The Bertz CT molecular complexity index is 407. The fourth-order valence-corrected chi connectivity index (χ4v) is 2.78. The molecule has 0 aliphatic rings. The molecule has 0 heterocycles. The second-order valence-electron chi connectivity index (χ2n) is 6.37. The van der Waals surface area contributed by atoms with E-state index in [4.69, 9.17) is 0 Å². The van der Waals surface area contributed by atoms with Crippen molar-refractivity contribution in [2.45, 2.75) is 84.5 Å². The first-order chi connectivity index (χ1) is 10.9. The van der Waals surface area contributed by atoms with Crippen molar-refractivity contribution in [3.8, 4) is 11.8 Å². The predicted octanol–water partition coefficient (Wildman–Crippen LogP) is 6.79. The van der Waals surface area contributed by atoms with E-state index >= 15 is 0 Å². The maximum atomic E-state index is 3.56. The zero-order chi connectivity index (χ0) is 15.9. The van der Waals surface area contributed by atoms with Crippen LogP contribution < -0.4 is 0 Å². The summed E-state index contributed by atoms with van der Waals surface area (Å²) in [5, 5.41) is 0. The van der Waals surface area contributed by atoms with Gasteiger partial charge in [-0.3, -0.25) is 0 Å². The molecule has 0 N–H and O–H groups in total. The van der Waals surface area contributed by atoms with Crippen LogP contribution in [0.4, 0.5) is 0 Å². The molecule has 0 bridgehead atoms. The molecule has 0 spiro atoms. The Balaban J connectivity index is 2.38. The summed E-state index contributed by atoms with van der Waals surface area (Å²) in [6.45, 7) is 4.52. The van der Waals surface area contributed by atoms with Crippen LogP contribution in [0.1, 0.15) is 83.6 Å². The van der Waals surface area contributed by atoms with Gasteiger partial charge in [0, 0.05) is 12.3 Å². The van der Waals surface area contributed by atoms with Gasteiger partial charge in [-0.1, -0.05) is 95.0 Å². The Morgan fingerprint density at radius 2 is 1.50 bits per heavy atom. The van der Waals surface area contributed by atoms with Gasteiger partial charge in [0.15, 0.2) is 0 Å². The third-order valence-electron chi connectivity index (χ3n) is 4.19. The Morgan fingerprint density at radius 3 is 2.23 bits per heavy atom. The SMILES string of the molecule is CCCCC#CC(CCCCCCCC)Cc1ccccc1. The molecule has 0 aromatic heterocycles. The number of rotatable bonds is 11. The van der Waals surface area contributed by atoms with Crippen LogP contribution >= 0.6 is 0 Å². The Labute approximate surface area is 138 Å². The van der Waals surface area contributed by atoms with Gasteiger partial charge in [-0.15, -0.1) is 5.92 Å². The minimum Gasteiger partial charge on any atom is -0.103 e. The summed E-state index contributed by atoms with van der Waals surface area (Å²) in [4.78, 5) is 0. The maximum Gasteiger partial charge on any atom is 0.0243 e. The van der Waals surface area contributed by atoms with Gasteiger partial charge in [-0.2, -0.15) is 0 Å². The molecule has 0 nitrogen and oxygen atoms in total. The average molecular weight is 299 g/mol. The molecular weight excluding hydrogens is 264 g/mol. The number of hydrogen-bond acceptors (Lipinski definition) is 0. The molecule has 1 unspecified atom stereocenters. The summed E-state index contributed by atoms with van der Waals surface area (Å²) in [6.07, 6.45) is 14.2. The van der Waals surface area contributed by atoms with Crippen molar-refractivity contribution in [1.29, 1.82) is 0 Å². The zero-order valence-electron chi connectivity index (χ0n) is 14.7. The van der Waals surface area contributed by atoms with Crippen LogP contribution in [-0.4, -0.2) is 0 Å². The molecule has 0 fully saturated rings. The molecule has 22 heavy (non-hydrogen) atoms. The van der Waals surface area contributed by atoms with E-state index in [0.717, 1.165) is 12.8 Å². The smallest absolute Gasteiger partial charge is 0.0243 e. The summed E-state index contributed by atoms with van der Waals surface area (Å²) in [5.74, 6) is 7.52. The van der Waals surface area contributed by atoms with Gasteiger partial charge in [0.05, 0.1) is 0 Å². The highest BCUT2D eigenvalue weighted by Gasteiger charge is 2.06. The van der Waals surface area contributed by atoms with Gasteiger partial charge >= 0.3 is 0 Å². The standard InChI is InChI=1S/C22H34/c1-3-5-7-9-10-13-17-21(16-12-8-6-4-2)20-22-18-14-11-15-19-22/h11,14-15,18-19,21H,3-10,13,17,20H2,1-2H3. The molecule has 0 saturated carbocycles. The molecule has 0 aliphatic carbocycles. The highest BCUT2D eigenvalue weighted by molar-refractivity contribution is 5.18. The van der Waals surface area contributed by atoms with Crippen molar-refractivity contribution in [1.82, 2.24) is 0 Å². The van der Waals surface area contributed by atoms with E-state index in [-0.39, 0.29) is 0 Å². The lowest BCUT2D eigenvalue weighted by Gasteiger charge is -2.11. The number of unbranched alkanes of at least 4 members (excludes halogenated alkanes) is 7. The molecule has 1 aromatic rings. The minimum atomic E-state index is 0.547. The Morgan fingerprint density at radius 1 is 0.818 bits per heavy atom. The van der Waals surface area contributed by atoms with Crippen LogP contribution in [0.5, 0.6) is 0 Å². The van der Waals surface area contributed by atoms with E-state index in [0.29, 0.717) is 5.92 Å². The summed E-state index contributed by atoms with van der Waals surface area (Å²) >= 11 is 0. The van der Waals surface area contributed by atoms with E-state index in [1.807, 2.05) is 0 Å². The molecule has 0 saturated heterocycles. The quantitative estimate of drug-likeness (QED) is 0.311. The van der Waals surface area contributed by atoms with E-state index in [9.17, 15) is 0 Å². The van der Waals surface area contributed by atoms with Crippen LogP contribution in [0.3, 0.4) is 0 Å². The maximum absolute atomic E-state index is 3.56. The molecule has 122 valence electrons. The lowest BCUT2D eigenvalue weighted by Crippen LogP contribution is -2.02. The van der Waals surface area contributed by atoms with Gasteiger partial charge in [-0.05, 0) is 24.8 Å². The van der Waals surface area contributed by atoms with Crippen molar-refractivity contribution >= 4 is 0 Å². The molecule has 1 rings (SSSR count). The molecule has 1 atom stereocenters. The molecule has 0 aliphatic heterocycles. The Kier molecular flexibility index (Phi) is 11.5. The highest BCUT2D eigenvalue weighted by atomic mass is 14.1. The topological polar surface area (TPSA) is 0 Å². The van der Waals surface area contributed by atoms with Crippen molar-refractivity contribution in [3.63, 3.8) is 0 Å². The van der Waals surface area contributed by atoms with E-state index < -0.39 is 0 Å². The number of benzene rings is 1. The third kappa shape index (κ3) is 9.67. The fourth-order valence-electron chi connectivity index (χ4n) is 2.78. The second-order valence-corrected chi connectivity index (χ2v) is 6.37. The third-order valence-corrected chi connectivity index (χ3v) is 4.19. The molecule has 0 heteroatoms. The molecular formula is C22H34.